The average Bonchev–Trinajstić information content (AvgIpc) is 2.67. The van der Waals surface area contributed by atoms with Crippen molar-refractivity contribution in [1.82, 2.24) is 9.71 Å². The first-order chi connectivity index (χ1) is 13.7. The van der Waals surface area contributed by atoms with E-state index in [1.807, 2.05) is 36.4 Å². The monoisotopic (exact) mass is 411 g/mol. The van der Waals surface area contributed by atoms with E-state index in [1.165, 1.54) is 0 Å². The highest BCUT2D eigenvalue weighted by atomic mass is 32.2. The number of fused-ring (bicyclic) bond motifs is 1. The third-order valence-corrected chi connectivity index (χ3v) is 6.06. The Morgan fingerprint density at radius 1 is 1.00 bits per heavy atom. The molecule has 0 aliphatic carbocycles. The van der Waals surface area contributed by atoms with Gasteiger partial charge in [0, 0.05) is 24.5 Å². The van der Waals surface area contributed by atoms with E-state index < -0.39 is 10.0 Å². The number of hydrogen-bond donors (Lipinski definition) is 2. The maximum atomic E-state index is 12.5. The molecule has 0 unspecified atom stereocenters. The summed E-state index contributed by atoms with van der Waals surface area (Å²) in [6.45, 7) is 6.21. The first kappa shape index (κ1) is 21.0. The highest BCUT2D eigenvalue weighted by Gasteiger charge is 2.17. The normalized spacial score (nSPS) is 12.1. The van der Waals surface area contributed by atoms with E-state index in [0.29, 0.717) is 11.2 Å². The van der Waals surface area contributed by atoms with E-state index in [1.54, 1.807) is 24.4 Å². The van der Waals surface area contributed by atoms with Gasteiger partial charge in [0.15, 0.2) is 0 Å². The van der Waals surface area contributed by atoms with Gasteiger partial charge in [-0.2, -0.15) is 0 Å². The Bertz CT molecular complexity index is 1110. The molecule has 0 aliphatic heterocycles. The summed E-state index contributed by atoms with van der Waals surface area (Å²) >= 11 is 0. The lowest BCUT2D eigenvalue weighted by molar-refractivity contribution is -0.116. The quantitative estimate of drug-likeness (QED) is 0.645. The molecule has 0 spiro atoms. The fourth-order valence-corrected chi connectivity index (χ4v) is 3.97. The SMILES string of the molecule is CC(C)(C)c1ccc(S(=O)(=O)NCCC(=O)Nc2cccc3cccnc23)cc1. The van der Waals surface area contributed by atoms with Gasteiger partial charge in [-0.25, -0.2) is 13.1 Å². The van der Waals surface area contributed by atoms with Crippen LogP contribution in [0.5, 0.6) is 0 Å². The van der Waals surface area contributed by atoms with Crippen LogP contribution in [0.1, 0.15) is 32.8 Å². The van der Waals surface area contributed by atoms with Crippen LogP contribution in [0.2, 0.25) is 0 Å². The first-order valence-corrected chi connectivity index (χ1v) is 10.9. The summed E-state index contributed by atoms with van der Waals surface area (Å²) in [6.07, 6.45) is 1.68. The Hall–Kier alpha value is -2.77. The fourth-order valence-electron chi connectivity index (χ4n) is 2.93. The highest BCUT2D eigenvalue weighted by molar-refractivity contribution is 7.89. The molecule has 0 bridgehead atoms. The molecule has 1 amide bonds. The van der Waals surface area contributed by atoms with Crippen molar-refractivity contribution >= 4 is 32.5 Å². The second kappa shape index (κ2) is 8.31. The van der Waals surface area contributed by atoms with Crippen molar-refractivity contribution in [3.05, 3.63) is 66.4 Å². The molecule has 0 saturated heterocycles. The predicted octanol–water partition coefficient (Wildman–Crippen LogP) is 3.84. The number of nitrogens with zero attached hydrogens (tertiary/aromatic N) is 1. The third kappa shape index (κ3) is 5.19. The van der Waals surface area contributed by atoms with E-state index in [4.69, 9.17) is 0 Å². The Morgan fingerprint density at radius 2 is 1.69 bits per heavy atom. The third-order valence-electron chi connectivity index (χ3n) is 4.58. The highest BCUT2D eigenvalue weighted by Crippen LogP contribution is 2.23. The molecule has 3 rings (SSSR count). The van der Waals surface area contributed by atoms with E-state index >= 15 is 0 Å². The molecule has 0 fully saturated rings. The van der Waals surface area contributed by atoms with Crippen LogP contribution in [-0.2, 0) is 20.2 Å². The van der Waals surface area contributed by atoms with Crippen LogP contribution in [0, 0.1) is 0 Å². The van der Waals surface area contributed by atoms with Crippen molar-refractivity contribution in [2.24, 2.45) is 0 Å². The molecular formula is C22H25N3O3S. The minimum Gasteiger partial charge on any atom is -0.324 e. The number of anilines is 1. The number of sulfonamides is 1. The molecule has 0 atom stereocenters. The number of carbonyl (C=O) groups excluding carboxylic acids is 1. The van der Waals surface area contributed by atoms with Gasteiger partial charge < -0.3 is 5.32 Å². The molecule has 3 aromatic rings. The fraction of sp³-hybridized carbons (Fsp3) is 0.273. The Labute approximate surface area is 171 Å². The lowest BCUT2D eigenvalue weighted by Crippen LogP contribution is -2.28. The van der Waals surface area contributed by atoms with Gasteiger partial charge >= 0.3 is 0 Å². The molecule has 0 saturated carbocycles. The molecule has 0 radical (unpaired) electrons. The molecule has 2 aromatic carbocycles. The number of amides is 1. The smallest absolute Gasteiger partial charge is 0.240 e. The lowest BCUT2D eigenvalue weighted by atomic mass is 9.87. The molecule has 152 valence electrons. The predicted molar refractivity (Wildman–Crippen MR) is 115 cm³/mol. The number of rotatable bonds is 6. The number of para-hydroxylation sites is 1. The van der Waals surface area contributed by atoms with Crippen molar-refractivity contribution in [1.29, 1.82) is 0 Å². The zero-order valence-electron chi connectivity index (χ0n) is 16.8. The minimum atomic E-state index is -3.67. The summed E-state index contributed by atoms with van der Waals surface area (Å²) in [7, 11) is -3.67. The van der Waals surface area contributed by atoms with E-state index in [9.17, 15) is 13.2 Å². The van der Waals surface area contributed by atoms with Crippen LogP contribution in [-0.4, -0.2) is 25.9 Å². The van der Waals surface area contributed by atoms with E-state index in [-0.39, 0.29) is 29.2 Å². The van der Waals surface area contributed by atoms with Crippen LogP contribution >= 0.6 is 0 Å². The van der Waals surface area contributed by atoms with Gasteiger partial charge in [0.1, 0.15) is 0 Å². The molecule has 1 aromatic heterocycles. The second-order valence-electron chi connectivity index (χ2n) is 7.85. The van der Waals surface area contributed by atoms with Crippen LogP contribution in [0.25, 0.3) is 10.9 Å². The van der Waals surface area contributed by atoms with Gasteiger partial charge in [-0.1, -0.05) is 51.1 Å². The van der Waals surface area contributed by atoms with Crippen LogP contribution in [0.4, 0.5) is 5.69 Å². The van der Waals surface area contributed by atoms with Crippen LogP contribution in [0.3, 0.4) is 0 Å². The van der Waals surface area contributed by atoms with E-state index in [2.05, 4.69) is 35.8 Å². The van der Waals surface area contributed by atoms with Gasteiger partial charge in [0.05, 0.1) is 16.1 Å². The number of benzene rings is 2. The summed E-state index contributed by atoms with van der Waals surface area (Å²) in [5.74, 6) is -0.283. The zero-order valence-corrected chi connectivity index (χ0v) is 17.6. The maximum Gasteiger partial charge on any atom is 0.240 e. The molecule has 2 N–H and O–H groups in total. The van der Waals surface area contributed by atoms with Crippen molar-refractivity contribution < 1.29 is 13.2 Å². The van der Waals surface area contributed by atoms with Gasteiger partial charge in [0.25, 0.3) is 0 Å². The van der Waals surface area contributed by atoms with Crippen molar-refractivity contribution in [2.75, 3.05) is 11.9 Å². The Morgan fingerprint density at radius 3 is 2.38 bits per heavy atom. The maximum absolute atomic E-state index is 12.5. The van der Waals surface area contributed by atoms with Crippen LogP contribution < -0.4 is 10.0 Å². The number of carbonyl (C=O) groups is 1. The molecule has 1 heterocycles. The molecule has 29 heavy (non-hydrogen) atoms. The van der Waals surface area contributed by atoms with Crippen LogP contribution in [0.15, 0.2) is 65.7 Å². The second-order valence-corrected chi connectivity index (χ2v) is 9.62. The molecule has 0 aliphatic rings. The summed E-state index contributed by atoms with van der Waals surface area (Å²) in [6, 6.07) is 16.1. The summed E-state index contributed by atoms with van der Waals surface area (Å²) in [5, 5.41) is 3.72. The minimum absolute atomic E-state index is 0.00733. The number of pyridine rings is 1. The summed E-state index contributed by atoms with van der Waals surface area (Å²) in [5.41, 5.74) is 2.31. The van der Waals surface area contributed by atoms with Gasteiger partial charge in [-0.3, -0.25) is 9.78 Å². The standard InChI is InChI=1S/C22H25N3O3S/c1-22(2,3)17-9-11-18(12-10-17)29(27,28)24-15-13-20(26)25-19-8-4-6-16-7-5-14-23-21(16)19/h4-12,14,24H,13,15H2,1-3H3,(H,25,26). The number of hydrogen-bond acceptors (Lipinski definition) is 4. The van der Waals surface area contributed by atoms with Crippen molar-refractivity contribution in [3.63, 3.8) is 0 Å². The summed E-state index contributed by atoms with van der Waals surface area (Å²) < 4.78 is 27.4. The van der Waals surface area contributed by atoms with Crippen molar-refractivity contribution in [2.45, 2.75) is 37.5 Å². The summed E-state index contributed by atoms with van der Waals surface area (Å²) in [4.78, 5) is 16.7. The first-order valence-electron chi connectivity index (χ1n) is 9.41. The van der Waals surface area contributed by atoms with Gasteiger partial charge in [0.2, 0.25) is 15.9 Å². The number of nitrogens with one attached hydrogen (secondary N) is 2. The topological polar surface area (TPSA) is 88.2 Å². The van der Waals surface area contributed by atoms with Crippen molar-refractivity contribution in [3.8, 4) is 0 Å². The average molecular weight is 412 g/mol. The lowest BCUT2D eigenvalue weighted by Gasteiger charge is -2.19. The van der Waals surface area contributed by atoms with E-state index in [0.717, 1.165) is 10.9 Å². The molecular weight excluding hydrogens is 386 g/mol. The Kier molecular flexibility index (Phi) is 6.00. The molecule has 7 heteroatoms. The largest absolute Gasteiger partial charge is 0.324 e. The zero-order chi connectivity index (χ0) is 21.1. The number of aromatic nitrogens is 1. The Balaban J connectivity index is 1.59. The molecule has 6 nitrogen and oxygen atoms in total. The van der Waals surface area contributed by atoms with Gasteiger partial charge in [-0.15, -0.1) is 0 Å². The van der Waals surface area contributed by atoms with Gasteiger partial charge in [-0.05, 0) is 35.2 Å².